The van der Waals surface area contributed by atoms with Gasteiger partial charge in [-0.25, -0.2) is 0 Å². The summed E-state index contributed by atoms with van der Waals surface area (Å²) in [6.45, 7) is 5.09. The largest absolute Gasteiger partial charge is 0.487 e. The second kappa shape index (κ2) is 10.7. The molecule has 1 saturated heterocycles. The van der Waals surface area contributed by atoms with Crippen molar-refractivity contribution < 1.29 is 4.74 Å². The number of rotatable bonds is 4. The Labute approximate surface area is 210 Å². The van der Waals surface area contributed by atoms with E-state index in [0.717, 1.165) is 25.3 Å². The first-order valence-electron chi connectivity index (χ1n) is 11.2. The van der Waals surface area contributed by atoms with Crippen molar-refractivity contribution in [2.75, 3.05) is 37.0 Å². The minimum absolute atomic E-state index is 0. The Balaban J connectivity index is 0.00000153. The van der Waals surface area contributed by atoms with E-state index in [4.69, 9.17) is 4.74 Å². The Bertz CT molecular complexity index is 1010. The van der Waals surface area contributed by atoms with Crippen molar-refractivity contribution in [2.24, 2.45) is 0 Å². The summed E-state index contributed by atoms with van der Waals surface area (Å²) in [7, 11) is 4.17. The zero-order valence-corrected chi connectivity index (χ0v) is 21.1. The van der Waals surface area contributed by atoms with Crippen molar-refractivity contribution in [2.45, 2.75) is 32.0 Å². The van der Waals surface area contributed by atoms with Crippen molar-refractivity contribution >= 4 is 41.9 Å². The number of fused-ring (bicyclic) bond motifs is 2. The molecule has 2 aliphatic heterocycles. The molecule has 176 valence electrons. The zero-order chi connectivity index (χ0) is 21.4. The van der Waals surface area contributed by atoms with Gasteiger partial charge in [0.05, 0.1) is 5.69 Å². The van der Waals surface area contributed by atoms with Gasteiger partial charge in [-0.3, -0.25) is 4.90 Å². The van der Waals surface area contributed by atoms with Gasteiger partial charge < -0.3 is 14.5 Å². The summed E-state index contributed by atoms with van der Waals surface area (Å²) >= 11 is 0. The van der Waals surface area contributed by atoms with Crippen molar-refractivity contribution in [3.05, 3.63) is 83.9 Å². The van der Waals surface area contributed by atoms with Crippen LogP contribution in [0.5, 0.6) is 5.75 Å². The Hall–Kier alpha value is -2.40. The fraction of sp³-hybridized carbons (Fsp3) is 0.333. The molecule has 0 spiro atoms. The molecular formula is C27H33Cl2N3O. The standard InChI is InChI=1S/C27H31N3O.2ClH/c1-20(21-12-14-23(15-13-21)28(2)3)29-17-16-24(18-29)30-25-9-5-4-8-22(25)19-31-27-11-7-6-10-26(27)30;;/h4-15,20,24H,16-19H2,1-3H3;2*1H. The molecule has 33 heavy (non-hydrogen) atoms. The lowest BCUT2D eigenvalue weighted by Gasteiger charge is -2.33. The van der Waals surface area contributed by atoms with Crippen LogP contribution in [0.3, 0.4) is 0 Å². The molecule has 0 radical (unpaired) electrons. The lowest BCUT2D eigenvalue weighted by Crippen LogP contribution is -2.35. The van der Waals surface area contributed by atoms with E-state index in [1.54, 1.807) is 0 Å². The van der Waals surface area contributed by atoms with Gasteiger partial charge in [0, 0.05) is 56.2 Å². The van der Waals surface area contributed by atoms with Crippen molar-refractivity contribution in [1.82, 2.24) is 4.90 Å². The molecule has 3 aromatic carbocycles. The van der Waals surface area contributed by atoms with Crippen LogP contribution in [0.25, 0.3) is 0 Å². The molecule has 0 bridgehead atoms. The summed E-state index contributed by atoms with van der Waals surface area (Å²) < 4.78 is 6.18. The molecule has 6 heteroatoms. The number of hydrogen-bond acceptors (Lipinski definition) is 4. The van der Waals surface area contributed by atoms with E-state index in [1.807, 2.05) is 0 Å². The van der Waals surface area contributed by atoms with Crippen LogP contribution in [0, 0.1) is 0 Å². The summed E-state index contributed by atoms with van der Waals surface area (Å²) in [5, 5.41) is 0. The third-order valence-corrected chi connectivity index (χ3v) is 6.76. The smallest absolute Gasteiger partial charge is 0.143 e. The van der Waals surface area contributed by atoms with Crippen LogP contribution >= 0.6 is 24.8 Å². The summed E-state index contributed by atoms with van der Waals surface area (Å²) in [6.07, 6.45) is 1.14. The summed E-state index contributed by atoms with van der Waals surface area (Å²) in [4.78, 5) is 7.29. The normalized spacial score (nSPS) is 18.0. The molecule has 2 aliphatic rings. The molecule has 2 unspecified atom stereocenters. The number of para-hydroxylation sites is 3. The lowest BCUT2D eigenvalue weighted by atomic mass is 10.1. The second-order valence-corrected chi connectivity index (χ2v) is 8.85. The quantitative estimate of drug-likeness (QED) is 0.421. The van der Waals surface area contributed by atoms with Crippen molar-refractivity contribution in [1.29, 1.82) is 0 Å². The molecule has 1 fully saturated rings. The van der Waals surface area contributed by atoms with Gasteiger partial charge >= 0.3 is 0 Å². The maximum absolute atomic E-state index is 6.18. The first-order valence-corrected chi connectivity index (χ1v) is 11.2. The van der Waals surface area contributed by atoms with E-state index in [1.165, 1.54) is 28.2 Å². The Morgan fingerprint density at radius 2 is 1.55 bits per heavy atom. The topological polar surface area (TPSA) is 19.0 Å². The van der Waals surface area contributed by atoms with Crippen LogP contribution in [0.2, 0.25) is 0 Å². The van der Waals surface area contributed by atoms with Crippen LogP contribution < -0.4 is 14.5 Å². The molecule has 0 amide bonds. The predicted octanol–water partition coefficient (Wildman–Crippen LogP) is 6.46. The number of benzene rings is 3. The van der Waals surface area contributed by atoms with Crippen molar-refractivity contribution in [3.8, 4) is 5.75 Å². The van der Waals surface area contributed by atoms with Gasteiger partial charge in [0.1, 0.15) is 12.4 Å². The Morgan fingerprint density at radius 1 is 0.879 bits per heavy atom. The Kier molecular flexibility index (Phi) is 8.17. The highest BCUT2D eigenvalue weighted by atomic mass is 35.5. The molecule has 0 aliphatic carbocycles. The summed E-state index contributed by atoms with van der Waals surface area (Å²) in [5.41, 5.74) is 6.34. The highest BCUT2D eigenvalue weighted by Crippen LogP contribution is 2.42. The summed E-state index contributed by atoms with van der Waals surface area (Å²) in [5.74, 6) is 0.976. The molecule has 2 heterocycles. The molecule has 0 saturated carbocycles. The first kappa shape index (κ1) is 25.2. The van der Waals surface area contributed by atoms with E-state index >= 15 is 0 Å². The van der Waals surface area contributed by atoms with Crippen LogP contribution in [-0.2, 0) is 6.61 Å². The van der Waals surface area contributed by atoms with Crippen molar-refractivity contribution in [3.63, 3.8) is 0 Å². The molecule has 3 aromatic rings. The number of nitrogens with zero attached hydrogens (tertiary/aromatic N) is 3. The van der Waals surface area contributed by atoms with Gasteiger partial charge in [-0.15, -0.1) is 24.8 Å². The average molecular weight is 486 g/mol. The van der Waals surface area contributed by atoms with E-state index in [9.17, 15) is 0 Å². The number of ether oxygens (including phenoxy) is 1. The maximum Gasteiger partial charge on any atom is 0.143 e. The molecule has 0 N–H and O–H groups in total. The second-order valence-electron chi connectivity index (χ2n) is 8.85. The van der Waals surface area contributed by atoms with Crippen LogP contribution in [0.4, 0.5) is 17.1 Å². The molecule has 5 rings (SSSR count). The third-order valence-electron chi connectivity index (χ3n) is 6.76. The van der Waals surface area contributed by atoms with Crippen LogP contribution in [0.15, 0.2) is 72.8 Å². The minimum Gasteiger partial charge on any atom is -0.487 e. The third kappa shape index (κ3) is 4.93. The monoisotopic (exact) mass is 485 g/mol. The number of anilines is 3. The van der Waals surface area contributed by atoms with Gasteiger partial charge in [0.15, 0.2) is 0 Å². The molecule has 4 nitrogen and oxygen atoms in total. The average Bonchev–Trinajstić information content (AvgIpc) is 3.22. The number of likely N-dealkylation sites (tertiary alicyclic amines) is 1. The maximum atomic E-state index is 6.18. The predicted molar refractivity (Wildman–Crippen MR) is 143 cm³/mol. The summed E-state index contributed by atoms with van der Waals surface area (Å²) in [6, 6.07) is 27.0. The van der Waals surface area contributed by atoms with E-state index < -0.39 is 0 Å². The van der Waals surface area contributed by atoms with E-state index in [0.29, 0.717) is 18.7 Å². The molecule has 2 atom stereocenters. The Morgan fingerprint density at radius 3 is 2.27 bits per heavy atom. The van der Waals surface area contributed by atoms with Gasteiger partial charge in [0.25, 0.3) is 0 Å². The van der Waals surface area contributed by atoms with Gasteiger partial charge in [-0.1, -0.05) is 42.5 Å². The van der Waals surface area contributed by atoms with E-state index in [2.05, 4.69) is 109 Å². The molecule has 0 aromatic heterocycles. The van der Waals surface area contributed by atoms with Gasteiger partial charge in [-0.05, 0) is 49.2 Å². The number of hydrogen-bond donors (Lipinski definition) is 0. The van der Waals surface area contributed by atoms with Crippen LogP contribution in [-0.4, -0.2) is 38.1 Å². The van der Waals surface area contributed by atoms with E-state index in [-0.39, 0.29) is 24.8 Å². The highest BCUT2D eigenvalue weighted by molar-refractivity contribution is 5.85. The van der Waals surface area contributed by atoms with Gasteiger partial charge in [-0.2, -0.15) is 0 Å². The molecular weight excluding hydrogens is 453 g/mol. The zero-order valence-electron chi connectivity index (χ0n) is 19.5. The SMILES string of the molecule is CC(c1ccc(N(C)C)cc1)N1CCC(N2c3ccccc3COc3ccccc32)C1.Cl.Cl. The fourth-order valence-electron chi connectivity index (χ4n) is 4.92. The minimum atomic E-state index is 0. The first-order chi connectivity index (χ1) is 15.1. The van der Waals surface area contributed by atoms with Crippen LogP contribution in [0.1, 0.15) is 30.5 Å². The fourth-order valence-corrected chi connectivity index (χ4v) is 4.92. The van der Waals surface area contributed by atoms with Gasteiger partial charge in [0.2, 0.25) is 0 Å². The highest BCUT2D eigenvalue weighted by Gasteiger charge is 2.34. The number of halogens is 2. The lowest BCUT2D eigenvalue weighted by molar-refractivity contribution is 0.259.